The number of hydrogen-bond acceptors (Lipinski definition) is 6. The van der Waals surface area contributed by atoms with Gasteiger partial charge in [0.2, 0.25) is 5.82 Å². The Kier molecular flexibility index (Phi) is 4.11. The van der Waals surface area contributed by atoms with Crippen molar-refractivity contribution in [1.29, 1.82) is 0 Å². The maximum atomic E-state index is 11.2. The van der Waals surface area contributed by atoms with Crippen molar-refractivity contribution in [2.24, 2.45) is 0 Å². The largest absolute Gasteiger partial charge is 0.440 e. The number of hydroxylamine groups is 1. The quantitative estimate of drug-likeness (QED) is 0.565. The van der Waals surface area contributed by atoms with Gasteiger partial charge in [0.15, 0.2) is 11.7 Å². The molecule has 116 valence electrons. The predicted octanol–water partition coefficient (Wildman–Crippen LogP) is 2.15. The Balaban J connectivity index is 1.74. The van der Waals surface area contributed by atoms with Gasteiger partial charge < -0.3 is 4.42 Å². The summed E-state index contributed by atoms with van der Waals surface area (Å²) in [5.74, 6) is 0.360. The number of hydrogen-bond donors (Lipinski definition) is 2. The molecule has 1 amide bonds. The van der Waals surface area contributed by atoms with Crippen molar-refractivity contribution in [3.63, 3.8) is 0 Å². The molecule has 2 N–H and O–H groups in total. The van der Waals surface area contributed by atoms with Crippen LogP contribution in [0.25, 0.3) is 11.3 Å². The van der Waals surface area contributed by atoms with Gasteiger partial charge in [0.05, 0.1) is 12.6 Å². The molecule has 3 aromatic rings. The highest BCUT2D eigenvalue weighted by atomic mass is 16.5. The highest BCUT2D eigenvalue weighted by Gasteiger charge is 2.10. The van der Waals surface area contributed by atoms with Crippen LogP contribution in [0.3, 0.4) is 0 Å². The van der Waals surface area contributed by atoms with Crippen LogP contribution >= 0.6 is 0 Å². The average molecular weight is 310 g/mol. The Morgan fingerprint density at radius 2 is 1.83 bits per heavy atom. The lowest BCUT2D eigenvalue weighted by Gasteiger charge is -2.00. The Hall–Kier alpha value is -3.06. The van der Waals surface area contributed by atoms with Gasteiger partial charge in [0.1, 0.15) is 0 Å². The van der Waals surface area contributed by atoms with Gasteiger partial charge in [-0.2, -0.15) is 0 Å². The zero-order valence-electron chi connectivity index (χ0n) is 12.4. The number of oxazole rings is 1. The molecule has 0 saturated heterocycles. The van der Waals surface area contributed by atoms with E-state index in [2.05, 4.69) is 15.0 Å². The predicted molar refractivity (Wildman–Crippen MR) is 80.8 cm³/mol. The third kappa shape index (κ3) is 3.41. The fourth-order valence-corrected chi connectivity index (χ4v) is 2.03. The lowest BCUT2D eigenvalue weighted by atomic mass is 10.1. The maximum Gasteiger partial charge on any atom is 0.312 e. The lowest BCUT2D eigenvalue weighted by Crippen LogP contribution is -2.21. The Morgan fingerprint density at radius 1 is 1.13 bits per heavy atom. The number of aromatic nitrogens is 3. The van der Waals surface area contributed by atoms with Gasteiger partial charge in [-0.1, -0.05) is 29.8 Å². The molecular weight excluding hydrogens is 296 g/mol. The first-order valence-corrected chi connectivity index (χ1v) is 6.93. The summed E-state index contributed by atoms with van der Waals surface area (Å²) in [6.45, 7) is 2.02. The van der Waals surface area contributed by atoms with Crippen molar-refractivity contribution >= 4 is 5.91 Å². The number of benzene rings is 1. The molecule has 0 unspecified atom stereocenters. The van der Waals surface area contributed by atoms with Crippen molar-refractivity contribution in [1.82, 2.24) is 20.4 Å². The number of nitrogens with one attached hydrogen (secondary N) is 1. The fraction of sp³-hybridized carbons (Fsp3) is 0.125. The summed E-state index contributed by atoms with van der Waals surface area (Å²) in [7, 11) is 0. The van der Waals surface area contributed by atoms with Gasteiger partial charge >= 0.3 is 5.91 Å². The highest BCUT2D eigenvalue weighted by Crippen LogP contribution is 2.21. The van der Waals surface area contributed by atoms with E-state index < -0.39 is 5.91 Å². The van der Waals surface area contributed by atoms with E-state index in [0.717, 1.165) is 11.1 Å². The lowest BCUT2D eigenvalue weighted by molar-refractivity contribution is 0.0694. The van der Waals surface area contributed by atoms with Crippen LogP contribution in [0.1, 0.15) is 27.6 Å². The maximum absolute atomic E-state index is 11.2. The molecule has 7 nitrogen and oxygen atoms in total. The molecule has 0 bridgehead atoms. The van der Waals surface area contributed by atoms with E-state index in [-0.39, 0.29) is 5.82 Å². The minimum atomic E-state index is -0.755. The standard InChI is InChI=1S/C16H14N4O3/c1-10-2-4-12(5-3-10)13-9-17-14(23-13)6-11-7-18-15(19-8-11)16(21)20-22/h2-5,7-9,22H,6H2,1H3,(H,20,21). The summed E-state index contributed by atoms with van der Waals surface area (Å²) < 4.78 is 5.73. The van der Waals surface area contributed by atoms with E-state index in [0.29, 0.717) is 18.1 Å². The molecule has 0 fully saturated rings. The van der Waals surface area contributed by atoms with E-state index in [1.165, 1.54) is 23.4 Å². The average Bonchev–Trinajstić information content (AvgIpc) is 3.04. The molecule has 2 heterocycles. The Morgan fingerprint density at radius 3 is 2.48 bits per heavy atom. The van der Waals surface area contributed by atoms with Crippen LogP contribution in [0.2, 0.25) is 0 Å². The molecule has 0 atom stereocenters. The van der Waals surface area contributed by atoms with E-state index >= 15 is 0 Å². The summed E-state index contributed by atoms with van der Waals surface area (Å²) in [6.07, 6.45) is 5.07. The number of carbonyl (C=O) groups excluding carboxylic acids is 1. The number of carbonyl (C=O) groups is 1. The van der Waals surface area contributed by atoms with Gasteiger partial charge in [-0.15, -0.1) is 0 Å². The molecule has 7 heteroatoms. The first-order valence-electron chi connectivity index (χ1n) is 6.93. The van der Waals surface area contributed by atoms with Crippen molar-refractivity contribution < 1.29 is 14.4 Å². The number of rotatable bonds is 4. The zero-order valence-corrected chi connectivity index (χ0v) is 12.4. The first kappa shape index (κ1) is 14.9. The zero-order chi connectivity index (χ0) is 16.2. The van der Waals surface area contributed by atoms with Gasteiger partial charge in [-0.3, -0.25) is 10.0 Å². The van der Waals surface area contributed by atoms with Crippen molar-refractivity contribution in [2.45, 2.75) is 13.3 Å². The van der Waals surface area contributed by atoms with E-state index in [9.17, 15) is 4.79 Å². The summed E-state index contributed by atoms with van der Waals surface area (Å²) in [4.78, 5) is 23.1. The third-order valence-corrected chi connectivity index (χ3v) is 3.25. The molecule has 0 spiro atoms. The van der Waals surface area contributed by atoms with Crippen LogP contribution in [0.4, 0.5) is 0 Å². The van der Waals surface area contributed by atoms with Crippen LogP contribution in [-0.2, 0) is 6.42 Å². The van der Waals surface area contributed by atoms with Crippen LogP contribution < -0.4 is 5.48 Å². The summed E-state index contributed by atoms with van der Waals surface area (Å²) in [6, 6.07) is 7.97. The third-order valence-electron chi connectivity index (χ3n) is 3.25. The monoisotopic (exact) mass is 310 g/mol. The molecule has 2 aromatic heterocycles. The minimum absolute atomic E-state index is 0.107. The van der Waals surface area contributed by atoms with Crippen LogP contribution in [-0.4, -0.2) is 26.1 Å². The highest BCUT2D eigenvalue weighted by molar-refractivity contribution is 5.89. The van der Waals surface area contributed by atoms with Gasteiger partial charge in [-0.05, 0) is 12.5 Å². The summed E-state index contributed by atoms with van der Waals surface area (Å²) >= 11 is 0. The first-order chi connectivity index (χ1) is 11.2. The molecule has 0 radical (unpaired) electrons. The van der Waals surface area contributed by atoms with Gasteiger partial charge in [0, 0.05) is 18.0 Å². The SMILES string of the molecule is Cc1ccc(-c2cnc(Cc3cnc(C(=O)NO)nc3)o2)cc1. The molecule has 0 saturated carbocycles. The second-order valence-electron chi connectivity index (χ2n) is 5.02. The number of nitrogens with zero attached hydrogens (tertiary/aromatic N) is 3. The van der Waals surface area contributed by atoms with E-state index in [1.807, 2.05) is 31.2 Å². The fourth-order valence-electron chi connectivity index (χ4n) is 2.03. The summed E-state index contributed by atoms with van der Waals surface area (Å²) in [5, 5.41) is 8.52. The number of aryl methyl sites for hydroxylation is 1. The molecule has 23 heavy (non-hydrogen) atoms. The molecule has 1 aromatic carbocycles. The van der Waals surface area contributed by atoms with Crippen molar-refractivity contribution in [3.05, 3.63) is 65.7 Å². The molecule has 0 aliphatic heterocycles. The second-order valence-corrected chi connectivity index (χ2v) is 5.02. The Bertz CT molecular complexity index is 810. The molecule has 0 aliphatic rings. The van der Waals surface area contributed by atoms with Gasteiger partial charge in [0.25, 0.3) is 0 Å². The van der Waals surface area contributed by atoms with Crippen LogP contribution in [0.5, 0.6) is 0 Å². The van der Waals surface area contributed by atoms with Crippen LogP contribution in [0.15, 0.2) is 47.3 Å². The summed E-state index contributed by atoms with van der Waals surface area (Å²) in [5.41, 5.74) is 4.37. The second kappa shape index (κ2) is 6.37. The van der Waals surface area contributed by atoms with Crippen molar-refractivity contribution in [2.75, 3.05) is 0 Å². The molecule has 3 rings (SSSR count). The van der Waals surface area contributed by atoms with Crippen LogP contribution in [0, 0.1) is 6.92 Å². The Labute approximate surface area is 132 Å². The minimum Gasteiger partial charge on any atom is -0.440 e. The van der Waals surface area contributed by atoms with Gasteiger partial charge in [-0.25, -0.2) is 20.4 Å². The smallest absolute Gasteiger partial charge is 0.312 e. The normalized spacial score (nSPS) is 10.5. The van der Waals surface area contributed by atoms with Crippen molar-refractivity contribution in [3.8, 4) is 11.3 Å². The number of amides is 1. The molecular formula is C16H14N4O3. The van der Waals surface area contributed by atoms with E-state index in [1.54, 1.807) is 6.20 Å². The van der Waals surface area contributed by atoms with E-state index in [4.69, 9.17) is 9.62 Å². The molecule has 0 aliphatic carbocycles. The topological polar surface area (TPSA) is 101 Å².